The summed E-state index contributed by atoms with van der Waals surface area (Å²) in [6.45, 7) is 5.07. The van der Waals surface area contributed by atoms with Gasteiger partial charge in [-0.3, -0.25) is 0 Å². The molecule has 1 aromatic carbocycles. The largest absolute Gasteiger partial charge is 0.497 e. The number of hydrogen-bond acceptors (Lipinski definition) is 4. The van der Waals surface area contributed by atoms with Crippen LogP contribution in [0.15, 0.2) is 29.2 Å². The second-order valence-electron chi connectivity index (χ2n) is 5.35. The molecule has 1 heterocycles. The van der Waals surface area contributed by atoms with E-state index in [1.54, 1.807) is 35.7 Å². The van der Waals surface area contributed by atoms with Crippen molar-refractivity contribution in [2.24, 2.45) is 5.92 Å². The van der Waals surface area contributed by atoms with E-state index in [9.17, 15) is 8.42 Å². The monoisotopic (exact) mass is 312 g/mol. The highest BCUT2D eigenvalue weighted by Gasteiger charge is 2.29. The molecule has 1 aliphatic rings. The maximum Gasteiger partial charge on any atom is 0.243 e. The molecule has 0 radical (unpaired) electrons. The third-order valence-corrected chi connectivity index (χ3v) is 5.74. The van der Waals surface area contributed by atoms with Gasteiger partial charge in [0.25, 0.3) is 0 Å². The van der Waals surface area contributed by atoms with E-state index < -0.39 is 10.0 Å². The van der Waals surface area contributed by atoms with Gasteiger partial charge in [-0.15, -0.1) is 0 Å². The summed E-state index contributed by atoms with van der Waals surface area (Å²) < 4.78 is 32.0. The minimum atomic E-state index is -3.39. The molecule has 0 bridgehead atoms. The molecule has 1 unspecified atom stereocenters. The summed E-state index contributed by atoms with van der Waals surface area (Å²) >= 11 is 0. The van der Waals surface area contributed by atoms with Crippen molar-refractivity contribution in [1.82, 2.24) is 9.62 Å². The third kappa shape index (κ3) is 3.96. The van der Waals surface area contributed by atoms with Crippen LogP contribution in [0.3, 0.4) is 0 Å². The summed E-state index contributed by atoms with van der Waals surface area (Å²) in [5.41, 5.74) is 0. The Hall–Kier alpha value is -1.11. The number of nitrogens with zero attached hydrogens (tertiary/aromatic N) is 1. The smallest absolute Gasteiger partial charge is 0.243 e. The van der Waals surface area contributed by atoms with Crippen LogP contribution in [0.5, 0.6) is 5.75 Å². The summed E-state index contributed by atoms with van der Waals surface area (Å²) in [6.07, 6.45) is 2.01. The van der Waals surface area contributed by atoms with E-state index in [1.807, 2.05) is 0 Å². The Balaban J connectivity index is 2.10. The molecule has 0 aliphatic carbocycles. The van der Waals surface area contributed by atoms with Crippen molar-refractivity contribution in [2.45, 2.75) is 24.7 Å². The van der Waals surface area contributed by atoms with Crippen molar-refractivity contribution in [1.29, 1.82) is 0 Å². The molecule has 5 nitrogen and oxygen atoms in total. The first-order valence-electron chi connectivity index (χ1n) is 7.43. The predicted octanol–water partition coefficient (Wildman–Crippen LogP) is 1.71. The van der Waals surface area contributed by atoms with Gasteiger partial charge in [0.2, 0.25) is 10.0 Å². The third-order valence-electron chi connectivity index (χ3n) is 3.86. The Morgan fingerprint density at radius 1 is 1.33 bits per heavy atom. The summed E-state index contributed by atoms with van der Waals surface area (Å²) in [5, 5.41) is 3.31. The van der Waals surface area contributed by atoms with Gasteiger partial charge >= 0.3 is 0 Å². The highest BCUT2D eigenvalue weighted by atomic mass is 32.2. The zero-order valence-corrected chi connectivity index (χ0v) is 13.5. The lowest BCUT2D eigenvalue weighted by atomic mass is 10.00. The van der Waals surface area contributed by atoms with Gasteiger partial charge in [-0.1, -0.05) is 6.92 Å². The minimum absolute atomic E-state index is 0.340. The Morgan fingerprint density at radius 2 is 2.05 bits per heavy atom. The predicted molar refractivity (Wildman–Crippen MR) is 83.0 cm³/mol. The van der Waals surface area contributed by atoms with Crippen LogP contribution in [0, 0.1) is 5.92 Å². The fourth-order valence-corrected chi connectivity index (χ4v) is 4.21. The van der Waals surface area contributed by atoms with Crippen LogP contribution in [0.25, 0.3) is 0 Å². The fourth-order valence-electron chi connectivity index (χ4n) is 2.66. The van der Waals surface area contributed by atoms with E-state index in [0.29, 0.717) is 29.7 Å². The van der Waals surface area contributed by atoms with Gasteiger partial charge in [-0.2, -0.15) is 4.31 Å². The van der Waals surface area contributed by atoms with E-state index in [0.717, 1.165) is 25.9 Å². The van der Waals surface area contributed by atoms with Gasteiger partial charge in [-0.05, 0) is 56.1 Å². The van der Waals surface area contributed by atoms with Crippen molar-refractivity contribution in [3.05, 3.63) is 24.3 Å². The Morgan fingerprint density at radius 3 is 2.67 bits per heavy atom. The molecule has 21 heavy (non-hydrogen) atoms. The maximum atomic E-state index is 12.7. The van der Waals surface area contributed by atoms with E-state index in [-0.39, 0.29) is 0 Å². The molecule has 0 aromatic heterocycles. The molecule has 118 valence electrons. The van der Waals surface area contributed by atoms with E-state index in [1.165, 1.54) is 0 Å². The van der Waals surface area contributed by atoms with E-state index in [4.69, 9.17) is 4.74 Å². The van der Waals surface area contributed by atoms with Crippen LogP contribution in [-0.4, -0.2) is 46.0 Å². The molecule has 1 atom stereocenters. The van der Waals surface area contributed by atoms with Crippen LogP contribution in [-0.2, 0) is 10.0 Å². The topological polar surface area (TPSA) is 58.6 Å². The van der Waals surface area contributed by atoms with Crippen molar-refractivity contribution in [3.63, 3.8) is 0 Å². The lowest BCUT2D eigenvalue weighted by Gasteiger charge is -2.32. The van der Waals surface area contributed by atoms with Crippen molar-refractivity contribution in [3.8, 4) is 5.75 Å². The summed E-state index contributed by atoms with van der Waals surface area (Å²) in [4.78, 5) is 0.340. The van der Waals surface area contributed by atoms with Crippen molar-refractivity contribution >= 4 is 10.0 Å². The molecule has 2 rings (SSSR count). The quantitative estimate of drug-likeness (QED) is 0.869. The zero-order chi connectivity index (χ0) is 15.3. The number of rotatable bonds is 6. The van der Waals surface area contributed by atoms with Gasteiger partial charge < -0.3 is 10.1 Å². The molecule has 0 saturated carbocycles. The van der Waals surface area contributed by atoms with Gasteiger partial charge in [0.1, 0.15) is 5.75 Å². The molecule has 1 N–H and O–H groups in total. The van der Waals surface area contributed by atoms with Crippen molar-refractivity contribution < 1.29 is 13.2 Å². The first-order valence-corrected chi connectivity index (χ1v) is 8.87. The van der Waals surface area contributed by atoms with E-state index in [2.05, 4.69) is 12.2 Å². The fraction of sp³-hybridized carbons (Fsp3) is 0.600. The summed E-state index contributed by atoms with van der Waals surface area (Å²) in [7, 11) is -1.83. The summed E-state index contributed by atoms with van der Waals surface area (Å²) in [6, 6.07) is 6.60. The summed E-state index contributed by atoms with van der Waals surface area (Å²) in [5.74, 6) is 1.06. The number of piperidine rings is 1. The Kier molecular flexibility index (Phi) is 5.61. The van der Waals surface area contributed by atoms with Crippen LogP contribution in [0.4, 0.5) is 0 Å². The lowest BCUT2D eigenvalue weighted by Crippen LogP contribution is -2.42. The number of methoxy groups -OCH3 is 1. The standard InChI is InChI=1S/C15H24N2O3S/c1-3-16-11-13-5-4-10-17(12-13)21(18,19)15-8-6-14(20-2)7-9-15/h6-9,13,16H,3-5,10-12H2,1-2H3. The number of benzene rings is 1. The Bertz CT molecular complexity index is 543. The average Bonchev–Trinajstić information content (AvgIpc) is 2.53. The molecular weight excluding hydrogens is 288 g/mol. The van der Waals surface area contributed by atoms with E-state index >= 15 is 0 Å². The molecule has 0 amide bonds. The molecule has 1 fully saturated rings. The van der Waals surface area contributed by atoms with Crippen molar-refractivity contribution in [2.75, 3.05) is 33.3 Å². The van der Waals surface area contributed by atoms with Gasteiger partial charge in [0, 0.05) is 13.1 Å². The van der Waals surface area contributed by atoms with Gasteiger partial charge in [-0.25, -0.2) is 8.42 Å². The number of nitrogens with one attached hydrogen (secondary N) is 1. The second-order valence-corrected chi connectivity index (χ2v) is 7.29. The molecule has 1 saturated heterocycles. The normalized spacial score (nSPS) is 20.4. The first kappa shape index (κ1) is 16.3. The number of hydrogen-bond donors (Lipinski definition) is 1. The molecule has 6 heteroatoms. The molecule has 1 aliphatic heterocycles. The van der Waals surface area contributed by atoms with Crippen LogP contribution < -0.4 is 10.1 Å². The molecule has 0 spiro atoms. The average molecular weight is 312 g/mol. The number of ether oxygens (including phenoxy) is 1. The first-order chi connectivity index (χ1) is 10.1. The van der Waals surface area contributed by atoms with Crippen LogP contribution in [0.2, 0.25) is 0 Å². The van der Waals surface area contributed by atoms with Crippen LogP contribution >= 0.6 is 0 Å². The Labute approximate surface area is 127 Å². The highest BCUT2D eigenvalue weighted by molar-refractivity contribution is 7.89. The minimum Gasteiger partial charge on any atom is -0.497 e. The number of sulfonamides is 1. The highest BCUT2D eigenvalue weighted by Crippen LogP contribution is 2.24. The van der Waals surface area contributed by atoms with Gasteiger partial charge in [0.15, 0.2) is 0 Å². The second kappa shape index (κ2) is 7.24. The van der Waals surface area contributed by atoms with Gasteiger partial charge in [0.05, 0.1) is 12.0 Å². The lowest BCUT2D eigenvalue weighted by molar-refractivity contribution is 0.261. The maximum absolute atomic E-state index is 12.7. The molecular formula is C15H24N2O3S. The molecule has 1 aromatic rings. The SMILES string of the molecule is CCNCC1CCCN(S(=O)(=O)c2ccc(OC)cc2)C1. The van der Waals surface area contributed by atoms with Crippen LogP contribution in [0.1, 0.15) is 19.8 Å². The zero-order valence-electron chi connectivity index (χ0n) is 12.7.